The van der Waals surface area contributed by atoms with Crippen LogP contribution in [0.2, 0.25) is 0 Å². The van der Waals surface area contributed by atoms with E-state index in [-0.39, 0.29) is 9.26 Å². The van der Waals surface area contributed by atoms with Crippen molar-refractivity contribution in [1.82, 2.24) is 4.98 Å². The molecule has 1 heterocycles. The maximum absolute atomic E-state index is 12.9. The molecular formula is C7H5F3INO. The summed E-state index contributed by atoms with van der Waals surface area (Å²) in [4.78, 5) is 3.27. The summed E-state index contributed by atoms with van der Waals surface area (Å²) in [5.41, 5.74) is -0.864. The van der Waals surface area contributed by atoms with Crippen LogP contribution in [0.1, 0.15) is 17.8 Å². The monoisotopic (exact) mass is 303 g/mol. The van der Waals surface area contributed by atoms with Crippen molar-refractivity contribution in [2.24, 2.45) is 0 Å². The molecule has 0 aliphatic rings. The second kappa shape index (κ2) is 4.23. The summed E-state index contributed by atoms with van der Waals surface area (Å²) in [6, 6.07) is 1.22. The van der Waals surface area contributed by atoms with Crippen LogP contribution in [0.4, 0.5) is 13.2 Å². The van der Waals surface area contributed by atoms with Crippen molar-refractivity contribution in [2.75, 3.05) is 0 Å². The van der Waals surface area contributed by atoms with Crippen molar-refractivity contribution in [3.63, 3.8) is 0 Å². The van der Waals surface area contributed by atoms with Crippen LogP contribution in [0.25, 0.3) is 0 Å². The quantitative estimate of drug-likeness (QED) is 0.850. The van der Waals surface area contributed by atoms with Crippen LogP contribution in [0.15, 0.2) is 6.07 Å². The highest BCUT2D eigenvalue weighted by molar-refractivity contribution is 14.1. The lowest BCUT2D eigenvalue weighted by atomic mass is 10.3. The van der Waals surface area contributed by atoms with E-state index >= 15 is 0 Å². The maximum atomic E-state index is 12.9. The number of nitrogens with zero attached hydrogens (tertiary/aromatic N) is 1. The van der Waals surface area contributed by atoms with Gasteiger partial charge in [0.15, 0.2) is 5.82 Å². The van der Waals surface area contributed by atoms with E-state index in [0.29, 0.717) is 0 Å². The number of alkyl halides is 2. The van der Waals surface area contributed by atoms with E-state index in [1.807, 2.05) is 0 Å². The van der Waals surface area contributed by atoms with Gasteiger partial charge in [-0.1, -0.05) is 0 Å². The molecule has 6 heteroatoms. The molecule has 0 saturated carbocycles. The van der Waals surface area contributed by atoms with Gasteiger partial charge >= 0.3 is 0 Å². The number of rotatable bonds is 2. The van der Waals surface area contributed by atoms with Gasteiger partial charge in [-0.3, -0.25) is 0 Å². The lowest BCUT2D eigenvalue weighted by molar-refractivity contribution is 0.139. The molecule has 0 amide bonds. The smallest absolute Gasteiger partial charge is 0.283 e. The van der Waals surface area contributed by atoms with Gasteiger partial charge in [0.05, 0.1) is 15.9 Å². The third-order valence-electron chi connectivity index (χ3n) is 1.36. The van der Waals surface area contributed by atoms with Crippen LogP contribution in [-0.2, 0) is 6.61 Å². The fourth-order valence-electron chi connectivity index (χ4n) is 0.794. The molecule has 0 bridgehead atoms. The van der Waals surface area contributed by atoms with Crippen LogP contribution >= 0.6 is 22.6 Å². The Kier molecular flexibility index (Phi) is 3.48. The number of hydrogen-bond donors (Lipinski definition) is 1. The molecule has 1 N–H and O–H groups in total. The minimum atomic E-state index is -2.96. The SMILES string of the molecule is OCc1cc(I)c(F)c(C(F)F)n1. The molecule has 0 aliphatic heterocycles. The van der Waals surface area contributed by atoms with E-state index in [4.69, 9.17) is 5.11 Å². The molecule has 72 valence electrons. The van der Waals surface area contributed by atoms with Gasteiger partial charge in [-0.25, -0.2) is 18.2 Å². The van der Waals surface area contributed by atoms with Gasteiger partial charge in [-0.05, 0) is 28.7 Å². The molecule has 0 aliphatic carbocycles. The molecule has 2 nitrogen and oxygen atoms in total. The van der Waals surface area contributed by atoms with E-state index in [1.54, 1.807) is 22.6 Å². The average molecular weight is 303 g/mol. The molecule has 0 fully saturated rings. The van der Waals surface area contributed by atoms with Crippen LogP contribution in [0.5, 0.6) is 0 Å². The summed E-state index contributed by atoms with van der Waals surface area (Å²) in [6.07, 6.45) is -2.96. The minimum Gasteiger partial charge on any atom is -0.390 e. The summed E-state index contributed by atoms with van der Waals surface area (Å²) >= 11 is 1.57. The molecule has 1 aromatic rings. The molecule has 0 atom stereocenters. The van der Waals surface area contributed by atoms with E-state index in [2.05, 4.69) is 4.98 Å². The van der Waals surface area contributed by atoms with Crippen LogP contribution in [0.3, 0.4) is 0 Å². The number of aromatic nitrogens is 1. The first-order chi connectivity index (χ1) is 6.06. The summed E-state index contributed by atoms with van der Waals surface area (Å²) in [5.74, 6) is -1.02. The molecule has 0 unspecified atom stereocenters. The Labute approximate surface area is 85.9 Å². The van der Waals surface area contributed by atoms with Gasteiger partial charge in [0, 0.05) is 0 Å². The van der Waals surface area contributed by atoms with Crippen molar-refractivity contribution >= 4 is 22.6 Å². The van der Waals surface area contributed by atoms with Crippen molar-refractivity contribution < 1.29 is 18.3 Å². The summed E-state index contributed by atoms with van der Waals surface area (Å²) in [5, 5.41) is 8.63. The Morgan fingerprint density at radius 1 is 1.54 bits per heavy atom. The van der Waals surface area contributed by atoms with Gasteiger partial charge in [-0.15, -0.1) is 0 Å². The average Bonchev–Trinajstić information content (AvgIpc) is 2.09. The van der Waals surface area contributed by atoms with Crippen molar-refractivity contribution in [1.29, 1.82) is 0 Å². The molecule has 0 radical (unpaired) electrons. The summed E-state index contributed by atoms with van der Waals surface area (Å²) in [7, 11) is 0. The second-order valence-electron chi connectivity index (χ2n) is 2.25. The van der Waals surface area contributed by atoms with Crippen molar-refractivity contribution in [3.8, 4) is 0 Å². The number of pyridine rings is 1. The minimum absolute atomic E-state index is 0.0342. The lowest BCUT2D eigenvalue weighted by Crippen LogP contribution is -2.02. The van der Waals surface area contributed by atoms with E-state index < -0.39 is 24.5 Å². The number of halogens is 4. The van der Waals surface area contributed by atoms with Gasteiger partial charge in [0.1, 0.15) is 5.69 Å². The van der Waals surface area contributed by atoms with Crippen molar-refractivity contribution in [2.45, 2.75) is 13.0 Å². The van der Waals surface area contributed by atoms with E-state index in [0.717, 1.165) is 0 Å². The normalized spacial score (nSPS) is 10.9. The van der Waals surface area contributed by atoms with Crippen LogP contribution in [-0.4, -0.2) is 10.1 Å². The zero-order valence-electron chi connectivity index (χ0n) is 6.27. The molecule has 0 saturated heterocycles. The Morgan fingerprint density at radius 3 is 2.62 bits per heavy atom. The van der Waals surface area contributed by atoms with Gasteiger partial charge in [0.25, 0.3) is 6.43 Å². The van der Waals surface area contributed by atoms with Gasteiger partial charge < -0.3 is 5.11 Å². The van der Waals surface area contributed by atoms with Gasteiger partial charge in [0.2, 0.25) is 0 Å². The Bertz CT molecular complexity index is 319. The fourth-order valence-corrected chi connectivity index (χ4v) is 1.43. The zero-order valence-corrected chi connectivity index (χ0v) is 8.43. The first-order valence-electron chi connectivity index (χ1n) is 3.30. The fraction of sp³-hybridized carbons (Fsp3) is 0.286. The van der Waals surface area contributed by atoms with E-state index in [9.17, 15) is 13.2 Å². The second-order valence-corrected chi connectivity index (χ2v) is 3.42. The summed E-state index contributed by atoms with van der Waals surface area (Å²) in [6.45, 7) is -0.476. The van der Waals surface area contributed by atoms with Crippen molar-refractivity contribution in [3.05, 3.63) is 26.8 Å². The summed E-state index contributed by atoms with van der Waals surface area (Å²) < 4.78 is 37.2. The van der Waals surface area contributed by atoms with E-state index in [1.165, 1.54) is 6.07 Å². The first kappa shape index (κ1) is 10.7. The number of aliphatic hydroxyl groups excluding tert-OH is 1. The predicted octanol–water partition coefficient (Wildman–Crippen LogP) is 2.26. The molecule has 0 aromatic carbocycles. The Balaban J connectivity index is 3.25. The molecule has 0 spiro atoms. The van der Waals surface area contributed by atoms with Crippen LogP contribution in [0, 0.1) is 9.39 Å². The third kappa shape index (κ3) is 2.31. The van der Waals surface area contributed by atoms with Crippen LogP contribution < -0.4 is 0 Å². The van der Waals surface area contributed by atoms with Gasteiger partial charge in [-0.2, -0.15) is 0 Å². The Hall–Kier alpha value is -0.370. The lowest BCUT2D eigenvalue weighted by Gasteiger charge is -2.04. The number of aliphatic hydroxyl groups is 1. The standard InChI is InChI=1S/C7H5F3INO/c8-5-4(11)1-3(2-13)12-6(5)7(9)10/h1,7,13H,2H2. The zero-order chi connectivity index (χ0) is 10.0. The molecule has 1 aromatic heterocycles. The maximum Gasteiger partial charge on any atom is 0.283 e. The topological polar surface area (TPSA) is 33.1 Å². The largest absolute Gasteiger partial charge is 0.390 e. The molecule has 1 rings (SSSR count). The highest BCUT2D eigenvalue weighted by atomic mass is 127. The highest BCUT2D eigenvalue weighted by Crippen LogP contribution is 2.23. The molecular weight excluding hydrogens is 298 g/mol. The Morgan fingerprint density at radius 2 is 2.15 bits per heavy atom. The highest BCUT2D eigenvalue weighted by Gasteiger charge is 2.18. The number of hydrogen-bond acceptors (Lipinski definition) is 2. The predicted molar refractivity (Wildman–Crippen MR) is 47.8 cm³/mol. The third-order valence-corrected chi connectivity index (χ3v) is 2.15. The molecule has 13 heavy (non-hydrogen) atoms. The first-order valence-corrected chi connectivity index (χ1v) is 4.38.